The Morgan fingerprint density at radius 2 is 2.00 bits per heavy atom. The molecule has 20 heavy (non-hydrogen) atoms. The molecule has 106 valence electrons. The van der Waals surface area contributed by atoms with Gasteiger partial charge >= 0.3 is 0 Å². The molecule has 6 heteroatoms. The lowest BCUT2D eigenvalue weighted by Crippen LogP contribution is -2.24. The first-order valence-corrected chi connectivity index (χ1v) is 6.13. The van der Waals surface area contributed by atoms with Gasteiger partial charge in [0.05, 0.1) is 26.5 Å². The zero-order chi connectivity index (χ0) is 14.5. The third-order valence-corrected chi connectivity index (χ3v) is 3.00. The maximum Gasteiger partial charge on any atom is 0.251 e. The monoisotopic (exact) mass is 275 g/mol. The van der Waals surface area contributed by atoms with E-state index < -0.39 is 0 Å². The van der Waals surface area contributed by atoms with E-state index in [1.807, 2.05) is 13.1 Å². The second-order valence-corrected chi connectivity index (χ2v) is 4.20. The maximum atomic E-state index is 12.1. The molecule has 6 nitrogen and oxygen atoms in total. The molecule has 0 atom stereocenters. The number of hydrogen-bond donors (Lipinski definition) is 1. The van der Waals surface area contributed by atoms with Gasteiger partial charge in [-0.3, -0.25) is 9.48 Å². The lowest BCUT2D eigenvalue weighted by atomic mass is 10.2. The third kappa shape index (κ3) is 2.90. The summed E-state index contributed by atoms with van der Waals surface area (Å²) >= 11 is 0. The Morgan fingerprint density at radius 3 is 2.60 bits per heavy atom. The molecule has 0 saturated carbocycles. The summed E-state index contributed by atoms with van der Waals surface area (Å²) in [6.45, 7) is 0.420. The van der Waals surface area contributed by atoms with Gasteiger partial charge in [-0.25, -0.2) is 0 Å². The largest absolute Gasteiger partial charge is 0.493 e. The summed E-state index contributed by atoms with van der Waals surface area (Å²) in [5.74, 6) is 0.948. The number of amides is 1. The van der Waals surface area contributed by atoms with E-state index in [1.54, 1.807) is 36.2 Å². The van der Waals surface area contributed by atoms with Crippen molar-refractivity contribution in [3.05, 3.63) is 41.7 Å². The second kappa shape index (κ2) is 6.10. The van der Waals surface area contributed by atoms with E-state index in [0.717, 1.165) is 5.69 Å². The molecular formula is C14H17N3O3. The lowest BCUT2D eigenvalue weighted by Gasteiger charge is -2.10. The molecule has 1 amide bonds. The van der Waals surface area contributed by atoms with E-state index in [-0.39, 0.29) is 5.91 Å². The van der Waals surface area contributed by atoms with Crippen molar-refractivity contribution >= 4 is 5.91 Å². The number of aryl methyl sites for hydroxylation is 1. The molecule has 0 fully saturated rings. The van der Waals surface area contributed by atoms with Crippen LogP contribution in [0.15, 0.2) is 30.5 Å². The van der Waals surface area contributed by atoms with Gasteiger partial charge in [0, 0.05) is 18.8 Å². The molecule has 1 aromatic heterocycles. The summed E-state index contributed by atoms with van der Waals surface area (Å²) in [5, 5.41) is 6.88. The summed E-state index contributed by atoms with van der Waals surface area (Å²) in [7, 11) is 4.92. The average molecular weight is 275 g/mol. The lowest BCUT2D eigenvalue weighted by molar-refractivity contribution is 0.0949. The van der Waals surface area contributed by atoms with Crippen LogP contribution in [0.4, 0.5) is 0 Å². The second-order valence-electron chi connectivity index (χ2n) is 4.20. The average Bonchev–Trinajstić information content (AvgIpc) is 2.89. The van der Waals surface area contributed by atoms with Gasteiger partial charge in [-0.2, -0.15) is 5.10 Å². The molecular weight excluding hydrogens is 258 g/mol. The molecule has 0 saturated heterocycles. The van der Waals surface area contributed by atoms with Crippen LogP contribution >= 0.6 is 0 Å². The SMILES string of the molecule is COc1ccc(C(=O)NCc2ccnn2C)cc1OC. The Labute approximate surface area is 117 Å². The van der Waals surface area contributed by atoms with Crippen molar-refractivity contribution in [2.45, 2.75) is 6.54 Å². The number of methoxy groups -OCH3 is 2. The van der Waals surface area contributed by atoms with Crippen LogP contribution in [-0.2, 0) is 13.6 Å². The van der Waals surface area contributed by atoms with Gasteiger partial charge in [0.25, 0.3) is 5.91 Å². The molecule has 0 radical (unpaired) electrons. The minimum atomic E-state index is -0.174. The third-order valence-electron chi connectivity index (χ3n) is 3.00. The van der Waals surface area contributed by atoms with Gasteiger partial charge in [-0.15, -0.1) is 0 Å². The predicted molar refractivity (Wildman–Crippen MR) is 73.9 cm³/mol. The molecule has 0 aliphatic heterocycles. The number of nitrogens with one attached hydrogen (secondary N) is 1. The Kier molecular flexibility index (Phi) is 4.24. The first-order chi connectivity index (χ1) is 9.65. The van der Waals surface area contributed by atoms with Gasteiger partial charge in [0.2, 0.25) is 0 Å². The summed E-state index contributed by atoms with van der Waals surface area (Å²) in [6.07, 6.45) is 1.69. The molecule has 2 rings (SSSR count). The first kappa shape index (κ1) is 13.9. The van der Waals surface area contributed by atoms with Crippen LogP contribution < -0.4 is 14.8 Å². The molecule has 1 N–H and O–H groups in total. The normalized spacial score (nSPS) is 10.2. The van der Waals surface area contributed by atoms with Crippen molar-refractivity contribution in [1.29, 1.82) is 0 Å². The van der Waals surface area contributed by atoms with E-state index in [2.05, 4.69) is 10.4 Å². The highest BCUT2D eigenvalue weighted by molar-refractivity contribution is 5.94. The van der Waals surface area contributed by atoms with Crippen molar-refractivity contribution in [3.63, 3.8) is 0 Å². The topological polar surface area (TPSA) is 65.4 Å². The fourth-order valence-corrected chi connectivity index (χ4v) is 1.83. The minimum Gasteiger partial charge on any atom is -0.493 e. The highest BCUT2D eigenvalue weighted by Crippen LogP contribution is 2.27. The van der Waals surface area contributed by atoms with Crippen molar-refractivity contribution in [2.24, 2.45) is 7.05 Å². The maximum absolute atomic E-state index is 12.1. The number of benzene rings is 1. The van der Waals surface area contributed by atoms with Crippen molar-refractivity contribution in [2.75, 3.05) is 14.2 Å². The zero-order valence-corrected chi connectivity index (χ0v) is 11.7. The van der Waals surface area contributed by atoms with E-state index in [1.165, 1.54) is 7.11 Å². The summed E-state index contributed by atoms with van der Waals surface area (Å²) in [4.78, 5) is 12.1. The highest BCUT2D eigenvalue weighted by atomic mass is 16.5. The standard InChI is InChI=1S/C14H17N3O3/c1-17-11(6-7-16-17)9-15-14(18)10-4-5-12(19-2)13(8-10)20-3/h4-8H,9H2,1-3H3,(H,15,18). The van der Waals surface area contributed by atoms with Crippen LogP contribution in [0.2, 0.25) is 0 Å². The van der Waals surface area contributed by atoms with Gasteiger partial charge in [0.1, 0.15) is 0 Å². The molecule has 2 aromatic rings. The fraction of sp³-hybridized carbons (Fsp3) is 0.286. The molecule has 0 unspecified atom stereocenters. The van der Waals surface area contributed by atoms with Crippen LogP contribution in [0.3, 0.4) is 0 Å². The van der Waals surface area contributed by atoms with Gasteiger partial charge in [-0.05, 0) is 24.3 Å². The van der Waals surface area contributed by atoms with Crippen LogP contribution in [0.1, 0.15) is 16.1 Å². The quantitative estimate of drug-likeness (QED) is 0.895. The Hall–Kier alpha value is -2.50. The summed E-state index contributed by atoms with van der Waals surface area (Å²) in [6, 6.07) is 6.91. The number of rotatable bonds is 5. The van der Waals surface area contributed by atoms with Crippen LogP contribution in [0.25, 0.3) is 0 Å². The first-order valence-electron chi connectivity index (χ1n) is 6.13. The molecule has 0 aliphatic rings. The van der Waals surface area contributed by atoms with Crippen LogP contribution in [-0.4, -0.2) is 29.9 Å². The van der Waals surface area contributed by atoms with Crippen molar-refractivity contribution in [3.8, 4) is 11.5 Å². The molecule has 0 bridgehead atoms. The summed E-state index contributed by atoms with van der Waals surface area (Å²) < 4.78 is 12.0. The number of carbonyl (C=O) groups is 1. The predicted octanol–water partition coefficient (Wildman–Crippen LogP) is 1.37. The fourth-order valence-electron chi connectivity index (χ4n) is 1.83. The Balaban J connectivity index is 2.07. The van der Waals surface area contributed by atoms with Crippen molar-refractivity contribution in [1.82, 2.24) is 15.1 Å². The number of aromatic nitrogens is 2. The Morgan fingerprint density at radius 1 is 1.25 bits per heavy atom. The van der Waals surface area contributed by atoms with Crippen LogP contribution in [0, 0.1) is 0 Å². The highest BCUT2D eigenvalue weighted by Gasteiger charge is 2.11. The number of carbonyl (C=O) groups excluding carboxylic acids is 1. The van der Waals surface area contributed by atoms with Gasteiger partial charge < -0.3 is 14.8 Å². The number of nitrogens with zero attached hydrogens (tertiary/aromatic N) is 2. The van der Waals surface area contributed by atoms with Crippen molar-refractivity contribution < 1.29 is 14.3 Å². The van der Waals surface area contributed by atoms with E-state index in [9.17, 15) is 4.79 Å². The zero-order valence-electron chi connectivity index (χ0n) is 11.7. The van der Waals surface area contributed by atoms with Gasteiger partial charge in [0.15, 0.2) is 11.5 Å². The van der Waals surface area contributed by atoms with E-state index in [4.69, 9.17) is 9.47 Å². The number of ether oxygens (including phenoxy) is 2. The molecule has 1 heterocycles. The smallest absolute Gasteiger partial charge is 0.251 e. The molecule has 0 spiro atoms. The van der Waals surface area contributed by atoms with E-state index >= 15 is 0 Å². The molecule has 0 aliphatic carbocycles. The van der Waals surface area contributed by atoms with Crippen LogP contribution in [0.5, 0.6) is 11.5 Å². The molecule has 1 aromatic carbocycles. The minimum absolute atomic E-state index is 0.174. The summed E-state index contributed by atoms with van der Waals surface area (Å²) in [5.41, 5.74) is 1.45. The van der Waals surface area contributed by atoms with Gasteiger partial charge in [-0.1, -0.05) is 0 Å². The number of hydrogen-bond acceptors (Lipinski definition) is 4. The van der Waals surface area contributed by atoms with E-state index in [0.29, 0.717) is 23.6 Å². The Bertz CT molecular complexity index is 607.